The number of aromatic nitrogens is 2. The summed E-state index contributed by atoms with van der Waals surface area (Å²) in [7, 11) is 0. The van der Waals surface area contributed by atoms with E-state index >= 15 is 0 Å². The Morgan fingerprint density at radius 3 is 3.14 bits per heavy atom. The van der Waals surface area contributed by atoms with Gasteiger partial charge in [-0.3, -0.25) is 9.89 Å². The SMILES string of the molecule is CCOc1ccccc1NC(=O)c1n[nH]c2c1CNCC2. The molecule has 0 bridgehead atoms. The van der Waals surface area contributed by atoms with E-state index in [0.29, 0.717) is 30.3 Å². The normalized spacial score (nSPS) is 13.6. The van der Waals surface area contributed by atoms with Crippen LogP contribution in [0.4, 0.5) is 5.69 Å². The van der Waals surface area contributed by atoms with Crippen molar-refractivity contribution in [2.45, 2.75) is 19.9 Å². The number of hydrogen-bond donors (Lipinski definition) is 3. The standard InChI is InChI=1S/C15H18N4O2/c1-2-21-13-6-4-3-5-12(13)17-15(20)14-10-9-16-8-7-11(10)18-19-14/h3-6,16H,2,7-9H2,1H3,(H,17,20)(H,18,19). The Bertz CT molecular complexity index is 651. The maximum Gasteiger partial charge on any atom is 0.276 e. The highest BCUT2D eigenvalue weighted by molar-refractivity contribution is 6.04. The van der Waals surface area contributed by atoms with Crippen LogP contribution in [-0.4, -0.2) is 29.3 Å². The van der Waals surface area contributed by atoms with Crippen molar-refractivity contribution in [1.29, 1.82) is 0 Å². The highest BCUT2D eigenvalue weighted by atomic mass is 16.5. The predicted molar refractivity (Wildman–Crippen MR) is 79.6 cm³/mol. The van der Waals surface area contributed by atoms with Gasteiger partial charge >= 0.3 is 0 Å². The first-order chi connectivity index (χ1) is 10.3. The molecule has 3 N–H and O–H groups in total. The third kappa shape index (κ3) is 2.75. The summed E-state index contributed by atoms with van der Waals surface area (Å²) in [5.74, 6) is 0.444. The summed E-state index contributed by atoms with van der Waals surface area (Å²) in [6.07, 6.45) is 0.866. The number of benzene rings is 1. The number of nitrogens with one attached hydrogen (secondary N) is 3. The number of ether oxygens (including phenoxy) is 1. The Balaban J connectivity index is 1.82. The topological polar surface area (TPSA) is 79.0 Å². The van der Waals surface area contributed by atoms with Gasteiger partial charge in [-0.05, 0) is 19.1 Å². The van der Waals surface area contributed by atoms with E-state index in [1.165, 1.54) is 0 Å². The Morgan fingerprint density at radius 2 is 2.29 bits per heavy atom. The van der Waals surface area contributed by atoms with E-state index in [0.717, 1.165) is 24.2 Å². The van der Waals surface area contributed by atoms with Crippen molar-refractivity contribution in [3.05, 3.63) is 41.2 Å². The van der Waals surface area contributed by atoms with Crippen molar-refractivity contribution in [2.24, 2.45) is 0 Å². The van der Waals surface area contributed by atoms with Crippen molar-refractivity contribution < 1.29 is 9.53 Å². The largest absolute Gasteiger partial charge is 0.492 e. The van der Waals surface area contributed by atoms with Gasteiger partial charge in [0.05, 0.1) is 12.3 Å². The second kappa shape index (κ2) is 5.97. The van der Waals surface area contributed by atoms with E-state index in [9.17, 15) is 4.79 Å². The lowest BCUT2D eigenvalue weighted by Gasteiger charge is -2.14. The predicted octanol–water partition coefficient (Wildman–Crippen LogP) is 1.71. The molecule has 1 aliphatic rings. The van der Waals surface area contributed by atoms with E-state index in [2.05, 4.69) is 20.8 Å². The molecule has 3 rings (SSSR count). The van der Waals surface area contributed by atoms with Gasteiger partial charge in [-0.15, -0.1) is 0 Å². The number of carbonyl (C=O) groups is 1. The lowest BCUT2D eigenvalue weighted by atomic mass is 10.1. The van der Waals surface area contributed by atoms with Crippen LogP contribution in [0.2, 0.25) is 0 Å². The van der Waals surface area contributed by atoms with Crippen molar-refractivity contribution in [3.8, 4) is 5.75 Å². The lowest BCUT2D eigenvalue weighted by Crippen LogP contribution is -2.25. The van der Waals surface area contributed by atoms with Gasteiger partial charge in [0.25, 0.3) is 5.91 Å². The monoisotopic (exact) mass is 286 g/mol. The van der Waals surface area contributed by atoms with Gasteiger partial charge in [-0.2, -0.15) is 5.10 Å². The number of para-hydroxylation sites is 2. The quantitative estimate of drug-likeness (QED) is 0.799. The van der Waals surface area contributed by atoms with Gasteiger partial charge in [0.2, 0.25) is 0 Å². The number of rotatable bonds is 4. The molecule has 2 aromatic rings. The van der Waals surface area contributed by atoms with Crippen LogP contribution in [0, 0.1) is 0 Å². The molecule has 1 aliphatic heterocycles. The van der Waals surface area contributed by atoms with Crippen LogP contribution in [0.15, 0.2) is 24.3 Å². The van der Waals surface area contributed by atoms with Crippen LogP contribution in [0.5, 0.6) is 5.75 Å². The minimum atomic E-state index is -0.219. The number of carbonyl (C=O) groups excluding carboxylic acids is 1. The third-order valence-electron chi connectivity index (χ3n) is 3.46. The third-order valence-corrected chi connectivity index (χ3v) is 3.46. The Labute approximate surface area is 122 Å². The van der Waals surface area contributed by atoms with Gasteiger partial charge in [0, 0.05) is 30.8 Å². The zero-order valence-electron chi connectivity index (χ0n) is 11.9. The molecule has 0 fully saturated rings. The fourth-order valence-electron chi connectivity index (χ4n) is 2.45. The molecule has 1 aromatic carbocycles. The summed E-state index contributed by atoms with van der Waals surface area (Å²) < 4.78 is 5.51. The number of H-pyrrole nitrogens is 1. The molecule has 110 valence electrons. The molecule has 0 radical (unpaired) electrons. The van der Waals surface area contributed by atoms with Crippen LogP contribution < -0.4 is 15.4 Å². The summed E-state index contributed by atoms with van der Waals surface area (Å²) in [4.78, 5) is 12.4. The molecular weight excluding hydrogens is 268 g/mol. The van der Waals surface area contributed by atoms with E-state index in [-0.39, 0.29) is 5.91 Å². The van der Waals surface area contributed by atoms with Crippen molar-refractivity contribution in [3.63, 3.8) is 0 Å². The van der Waals surface area contributed by atoms with E-state index in [4.69, 9.17) is 4.74 Å². The number of hydrogen-bond acceptors (Lipinski definition) is 4. The highest BCUT2D eigenvalue weighted by Gasteiger charge is 2.22. The number of aromatic amines is 1. The summed E-state index contributed by atoms with van der Waals surface area (Å²) in [5.41, 5.74) is 3.10. The van der Waals surface area contributed by atoms with Gasteiger partial charge < -0.3 is 15.4 Å². The van der Waals surface area contributed by atoms with Crippen molar-refractivity contribution in [2.75, 3.05) is 18.5 Å². The van der Waals surface area contributed by atoms with Gasteiger partial charge in [-0.1, -0.05) is 12.1 Å². The Morgan fingerprint density at radius 1 is 1.43 bits per heavy atom. The summed E-state index contributed by atoms with van der Waals surface area (Å²) in [5, 5.41) is 13.2. The Hall–Kier alpha value is -2.34. The molecule has 0 spiro atoms. The summed E-state index contributed by atoms with van der Waals surface area (Å²) >= 11 is 0. The van der Waals surface area contributed by atoms with E-state index < -0.39 is 0 Å². The van der Waals surface area contributed by atoms with Crippen LogP contribution in [0.3, 0.4) is 0 Å². The molecule has 6 nitrogen and oxygen atoms in total. The fourth-order valence-corrected chi connectivity index (χ4v) is 2.45. The first-order valence-corrected chi connectivity index (χ1v) is 7.09. The van der Waals surface area contributed by atoms with E-state index in [1.807, 2.05) is 31.2 Å². The number of fused-ring (bicyclic) bond motifs is 1. The van der Waals surface area contributed by atoms with Crippen LogP contribution in [0.25, 0.3) is 0 Å². The molecular formula is C15H18N4O2. The zero-order chi connectivity index (χ0) is 14.7. The molecule has 21 heavy (non-hydrogen) atoms. The Kier molecular flexibility index (Phi) is 3.87. The number of amides is 1. The van der Waals surface area contributed by atoms with Crippen molar-refractivity contribution in [1.82, 2.24) is 15.5 Å². The smallest absolute Gasteiger partial charge is 0.276 e. The fraction of sp³-hybridized carbons (Fsp3) is 0.333. The average Bonchev–Trinajstić information content (AvgIpc) is 2.93. The molecule has 1 aromatic heterocycles. The molecule has 0 aliphatic carbocycles. The second-order valence-electron chi connectivity index (χ2n) is 4.84. The maximum absolute atomic E-state index is 12.4. The highest BCUT2D eigenvalue weighted by Crippen LogP contribution is 2.25. The average molecular weight is 286 g/mol. The van der Waals surface area contributed by atoms with Crippen LogP contribution >= 0.6 is 0 Å². The summed E-state index contributed by atoms with van der Waals surface area (Å²) in [6.45, 7) is 4.04. The number of nitrogens with zero attached hydrogens (tertiary/aromatic N) is 1. The molecule has 0 saturated carbocycles. The number of anilines is 1. The molecule has 0 atom stereocenters. The van der Waals surface area contributed by atoms with Crippen LogP contribution in [-0.2, 0) is 13.0 Å². The first-order valence-electron chi connectivity index (χ1n) is 7.09. The molecule has 6 heteroatoms. The lowest BCUT2D eigenvalue weighted by molar-refractivity contribution is 0.102. The second-order valence-corrected chi connectivity index (χ2v) is 4.84. The minimum absolute atomic E-state index is 0.219. The van der Waals surface area contributed by atoms with Crippen LogP contribution in [0.1, 0.15) is 28.7 Å². The first kappa shape index (κ1) is 13.6. The van der Waals surface area contributed by atoms with Crippen molar-refractivity contribution >= 4 is 11.6 Å². The van der Waals surface area contributed by atoms with E-state index in [1.54, 1.807) is 0 Å². The maximum atomic E-state index is 12.4. The minimum Gasteiger partial charge on any atom is -0.492 e. The summed E-state index contributed by atoms with van der Waals surface area (Å²) in [6, 6.07) is 7.39. The zero-order valence-corrected chi connectivity index (χ0v) is 11.9. The van der Waals surface area contributed by atoms with Gasteiger partial charge in [0.15, 0.2) is 5.69 Å². The van der Waals surface area contributed by atoms with Gasteiger partial charge in [-0.25, -0.2) is 0 Å². The molecule has 0 saturated heterocycles. The molecule has 1 amide bonds. The van der Waals surface area contributed by atoms with Gasteiger partial charge in [0.1, 0.15) is 5.75 Å². The molecule has 2 heterocycles. The molecule has 0 unspecified atom stereocenters.